The second kappa shape index (κ2) is 4.61. The van der Waals surface area contributed by atoms with E-state index in [9.17, 15) is 9.18 Å². The fourth-order valence-corrected chi connectivity index (χ4v) is 2.02. The van der Waals surface area contributed by atoms with Crippen molar-refractivity contribution in [3.05, 3.63) is 59.7 Å². The minimum absolute atomic E-state index is 0.244. The molecule has 0 aliphatic heterocycles. The Morgan fingerprint density at radius 2 is 2.05 bits per heavy atom. The molecule has 2 heterocycles. The van der Waals surface area contributed by atoms with Gasteiger partial charge in [-0.2, -0.15) is 5.10 Å². The van der Waals surface area contributed by atoms with Crippen LogP contribution in [0.15, 0.2) is 42.6 Å². The first kappa shape index (κ1) is 11.5. The van der Waals surface area contributed by atoms with Gasteiger partial charge in [0.1, 0.15) is 11.5 Å². The highest BCUT2D eigenvalue weighted by Gasteiger charge is 2.11. The summed E-state index contributed by atoms with van der Waals surface area (Å²) in [5, 5.41) is 4.84. The molecule has 0 amide bonds. The number of halogens is 1. The van der Waals surface area contributed by atoms with Crippen molar-refractivity contribution in [3.63, 3.8) is 0 Å². The molecule has 19 heavy (non-hydrogen) atoms. The summed E-state index contributed by atoms with van der Waals surface area (Å²) in [5.41, 5.74) is 1.40. The van der Waals surface area contributed by atoms with Crippen LogP contribution in [0.4, 0.5) is 4.39 Å². The summed E-state index contributed by atoms with van der Waals surface area (Å²) in [6.45, 7) is 0.244. The second-order valence-electron chi connectivity index (χ2n) is 4.13. The molecule has 5 heteroatoms. The number of carbonyl (C=O) groups excluding carboxylic acids is 1. The molecule has 0 fully saturated rings. The SMILES string of the molecule is O=Cc1nn(Cc2ccccc2F)c2ncccc12. The van der Waals surface area contributed by atoms with Crippen molar-refractivity contribution < 1.29 is 9.18 Å². The van der Waals surface area contributed by atoms with Gasteiger partial charge in [0.2, 0.25) is 0 Å². The molecule has 4 nitrogen and oxygen atoms in total. The second-order valence-corrected chi connectivity index (χ2v) is 4.13. The molecule has 0 atom stereocenters. The van der Waals surface area contributed by atoms with E-state index in [1.54, 1.807) is 36.5 Å². The number of hydrogen-bond donors (Lipinski definition) is 0. The van der Waals surface area contributed by atoms with Gasteiger partial charge in [-0.1, -0.05) is 18.2 Å². The first-order valence-corrected chi connectivity index (χ1v) is 5.79. The monoisotopic (exact) mass is 255 g/mol. The van der Waals surface area contributed by atoms with Crippen LogP contribution in [0.5, 0.6) is 0 Å². The lowest BCUT2D eigenvalue weighted by Crippen LogP contribution is -2.04. The highest BCUT2D eigenvalue weighted by molar-refractivity contribution is 5.93. The van der Waals surface area contributed by atoms with Crippen molar-refractivity contribution in [2.24, 2.45) is 0 Å². The first-order chi connectivity index (χ1) is 9.29. The molecular formula is C14H10FN3O. The largest absolute Gasteiger partial charge is 0.296 e. The summed E-state index contributed by atoms with van der Waals surface area (Å²) < 4.78 is 15.2. The van der Waals surface area contributed by atoms with Gasteiger partial charge in [-0.25, -0.2) is 14.1 Å². The third kappa shape index (κ3) is 1.99. The molecule has 2 aromatic heterocycles. The van der Waals surface area contributed by atoms with E-state index in [4.69, 9.17) is 0 Å². The van der Waals surface area contributed by atoms with E-state index in [1.165, 1.54) is 10.7 Å². The van der Waals surface area contributed by atoms with Gasteiger partial charge < -0.3 is 0 Å². The molecule has 0 aliphatic rings. The molecular weight excluding hydrogens is 245 g/mol. The van der Waals surface area contributed by atoms with Gasteiger partial charge in [0.25, 0.3) is 0 Å². The Morgan fingerprint density at radius 1 is 1.21 bits per heavy atom. The lowest BCUT2D eigenvalue weighted by molar-refractivity contribution is 0.111. The van der Waals surface area contributed by atoms with Crippen LogP contribution in [0.3, 0.4) is 0 Å². The average Bonchev–Trinajstić information content (AvgIpc) is 2.80. The summed E-state index contributed by atoms with van der Waals surface area (Å²) in [6.07, 6.45) is 2.30. The van der Waals surface area contributed by atoms with Crippen molar-refractivity contribution in [2.45, 2.75) is 6.54 Å². The first-order valence-electron chi connectivity index (χ1n) is 5.79. The van der Waals surface area contributed by atoms with E-state index in [0.29, 0.717) is 28.6 Å². The summed E-state index contributed by atoms with van der Waals surface area (Å²) in [7, 11) is 0. The number of nitrogens with zero attached hydrogens (tertiary/aromatic N) is 3. The van der Waals surface area contributed by atoms with Crippen LogP contribution in [0.2, 0.25) is 0 Å². The number of benzene rings is 1. The Balaban J connectivity index is 2.11. The molecule has 0 N–H and O–H groups in total. The van der Waals surface area contributed by atoms with Crippen molar-refractivity contribution in [1.29, 1.82) is 0 Å². The molecule has 94 valence electrons. The Labute approximate surface area is 108 Å². The van der Waals surface area contributed by atoms with Gasteiger partial charge >= 0.3 is 0 Å². The van der Waals surface area contributed by atoms with Gasteiger partial charge in [-0.3, -0.25) is 4.79 Å². The minimum Gasteiger partial charge on any atom is -0.296 e. The molecule has 0 bridgehead atoms. The molecule has 1 aromatic carbocycles. The van der Waals surface area contributed by atoms with Gasteiger partial charge in [-0.15, -0.1) is 0 Å². The standard InChI is InChI=1S/C14H10FN3O/c15-12-6-2-1-4-10(12)8-18-14-11(5-3-7-16-14)13(9-19)17-18/h1-7,9H,8H2. The number of carbonyl (C=O) groups is 1. The molecule has 3 rings (SSSR count). The van der Waals surface area contributed by atoms with Crippen LogP contribution in [0.1, 0.15) is 16.1 Å². The van der Waals surface area contributed by atoms with E-state index in [-0.39, 0.29) is 12.4 Å². The maximum Gasteiger partial charge on any atom is 0.171 e. The fraction of sp³-hybridized carbons (Fsp3) is 0.0714. The molecule has 0 radical (unpaired) electrons. The van der Waals surface area contributed by atoms with E-state index >= 15 is 0 Å². The number of pyridine rings is 1. The predicted molar refractivity (Wildman–Crippen MR) is 68.4 cm³/mol. The third-order valence-corrected chi connectivity index (χ3v) is 2.93. The minimum atomic E-state index is -0.297. The highest BCUT2D eigenvalue weighted by atomic mass is 19.1. The molecule has 3 aromatic rings. The fourth-order valence-electron chi connectivity index (χ4n) is 2.02. The van der Waals surface area contributed by atoms with E-state index in [2.05, 4.69) is 10.1 Å². The molecule has 0 spiro atoms. The topological polar surface area (TPSA) is 47.8 Å². The van der Waals surface area contributed by atoms with E-state index in [0.717, 1.165) is 0 Å². The zero-order chi connectivity index (χ0) is 13.2. The lowest BCUT2D eigenvalue weighted by Gasteiger charge is -2.04. The molecule has 0 saturated carbocycles. The summed E-state index contributed by atoms with van der Waals surface area (Å²) in [6, 6.07) is 10.00. The van der Waals surface area contributed by atoms with Crippen LogP contribution in [0, 0.1) is 5.82 Å². The smallest absolute Gasteiger partial charge is 0.171 e. The average molecular weight is 255 g/mol. The zero-order valence-electron chi connectivity index (χ0n) is 9.95. The maximum atomic E-state index is 13.6. The lowest BCUT2D eigenvalue weighted by atomic mass is 10.2. The Bertz CT molecular complexity index is 751. The van der Waals surface area contributed by atoms with Gasteiger partial charge in [0.15, 0.2) is 11.9 Å². The molecule has 0 saturated heterocycles. The van der Waals surface area contributed by atoms with E-state index < -0.39 is 0 Å². The molecule has 0 aliphatic carbocycles. The van der Waals surface area contributed by atoms with Crippen LogP contribution in [-0.2, 0) is 6.54 Å². The number of hydrogen-bond acceptors (Lipinski definition) is 3. The van der Waals surface area contributed by atoms with Gasteiger partial charge in [-0.05, 0) is 18.2 Å². The van der Waals surface area contributed by atoms with Crippen LogP contribution in [0.25, 0.3) is 11.0 Å². The Morgan fingerprint density at radius 3 is 2.84 bits per heavy atom. The summed E-state index contributed by atoms with van der Waals surface area (Å²) >= 11 is 0. The quantitative estimate of drug-likeness (QED) is 0.675. The summed E-state index contributed by atoms with van der Waals surface area (Å²) in [4.78, 5) is 15.2. The van der Waals surface area contributed by atoms with Crippen LogP contribution < -0.4 is 0 Å². The number of aldehydes is 1. The summed E-state index contributed by atoms with van der Waals surface area (Å²) in [5.74, 6) is -0.297. The van der Waals surface area contributed by atoms with Crippen molar-refractivity contribution in [2.75, 3.05) is 0 Å². The predicted octanol–water partition coefficient (Wildman–Crippen LogP) is 2.43. The van der Waals surface area contributed by atoms with Crippen LogP contribution in [-0.4, -0.2) is 21.1 Å². The third-order valence-electron chi connectivity index (χ3n) is 2.93. The van der Waals surface area contributed by atoms with Crippen molar-refractivity contribution in [1.82, 2.24) is 14.8 Å². The Kier molecular flexibility index (Phi) is 2.79. The van der Waals surface area contributed by atoms with Gasteiger partial charge in [0, 0.05) is 17.1 Å². The van der Waals surface area contributed by atoms with Crippen LogP contribution >= 0.6 is 0 Å². The normalized spacial score (nSPS) is 10.8. The van der Waals surface area contributed by atoms with Crippen molar-refractivity contribution in [3.8, 4) is 0 Å². The van der Waals surface area contributed by atoms with Gasteiger partial charge in [0.05, 0.1) is 6.54 Å². The highest BCUT2D eigenvalue weighted by Crippen LogP contribution is 2.17. The number of rotatable bonds is 3. The number of fused-ring (bicyclic) bond motifs is 1. The Hall–Kier alpha value is -2.56. The molecule has 0 unspecified atom stereocenters. The maximum absolute atomic E-state index is 13.6. The van der Waals surface area contributed by atoms with Crippen molar-refractivity contribution >= 4 is 17.3 Å². The zero-order valence-corrected chi connectivity index (χ0v) is 9.95. The van der Waals surface area contributed by atoms with E-state index in [1.807, 2.05) is 0 Å². The number of aromatic nitrogens is 3.